The minimum Gasteiger partial charge on any atom is -0.508 e. The van der Waals surface area contributed by atoms with Crippen molar-refractivity contribution in [2.24, 2.45) is 0 Å². The number of terminal acetylenes is 1. The van der Waals surface area contributed by atoms with Gasteiger partial charge in [-0.1, -0.05) is 57.8 Å². The van der Waals surface area contributed by atoms with Gasteiger partial charge in [0.2, 0.25) is 0 Å². The van der Waals surface area contributed by atoms with Gasteiger partial charge in [-0.25, -0.2) is 13.8 Å². The van der Waals surface area contributed by atoms with E-state index in [4.69, 9.17) is 25.9 Å². The fraction of sp³-hybridized carbons (Fsp3) is 0.419. The van der Waals surface area contributed by atoms with Gasteiger partial charge in [-0.2, -0.15) is 9.97 Å². The number of phenols is 1. The smallest absolute Gasteiger partial charge is 0.319 e. The molecule has 0 saturated carbocycles. The SMILES string of the molecule is C#Cc1c(F)ccc2cc(O)cc(-c3nc4c5c(nc(OCC67CCCN6[C@H](COc6cccc(S(F)(F)(F)(F)F)c6)CC7)nc5c3F)N3CCNCC3CC4)c12.CCC. The number of ether oxygens (including phenoxy) is 2. The monoisotopic (exact) mass is 858 g/mol. The van der Waals surface area contributed by atoms with Crippen LogP contribution in [0.2, 0.25) is 0 Å². The largest absolute Gasteiger partial charge is 0.508 e. The molecular weight excluding hydrogens is 814 g/mol. The molecule has 0 bridgehead atoms. The summed E-state index contributed by atoms with van der Waals surface area (Å²) in [4.78, 5) is 16.6. The van der Waals surface area contributed by atoms with Crippen LogP contribution in [0.25, 0.3) is 32.9 Å². The first-order chi connectivity index (χ1) is 28.4. The van der Waals surface area contributed by atoms with E-state index >= 15 is 8.78 Å². The molecule has 2 aromatic heterocycles. The van der Waals surface area contributed by atoms with Crippen molar-refractivity contribution in [3.8, 4) is 41.1 Å². The maximum Gasteiger partial charge on any atom is 0.319 e. The molecule has 0 aliphatic carbocycles. The number of halogens is 7. The quantitative estimate of drug-likeness (QED) is 0.117. The van der Waals surface area contributed by atoms with Crippen LogP contribution in [-0.4, -0.2) is 82.0 Å². The number of hydrogen-bond acceptors (Lipinski definition) is 9. The number of phenolic OH excluding ortho intramolecular Hbond substituents is 1. The lowest BCUT2D eigenvalue weighted by molar-refractivity contribution is 0.0686. The third-order valence-electron chi connectivity index (χ3n) is 11.8. The average molecular weight is 859 g/mol. The molecule has 3 fully saturated rings. The number of rotatable bonds is 8. The van der Waals surface area contributed by atoms with Crippen LogP contribution in [0.5, 0.6) is 17.5 Å². The summed E-state index contributed by atoms with van der Waals surface area (Å²) in [5, 5.41) is 15.2. The minimum atomic E-state index is -9.88. The van der Waals surface area contributed by atoms with E-state index < -0.39 is 32.3 Å². The molecule has 0 amide bonds. The summed E-state index contributed by atoms with van der Waals surface area (Å²) < 4.78 is 112. The van der Waals surface area contributed by atoms with Gasteiger partial charge >= 0.3 is 16.2 Å². The van der Waals surface area contributed by atoms with E-state index in [1.54, 1.807) is 0 Å². The second-order valence-electron chi connectivity index (χ2n) is 16.0. The zero-order valence-electron chi connectivity index (χ0n) is 33.1. The maximum absolute atomic E-state index is 17.2. The van der Waals surface area contributed by atoms with E-state index in [1.807, 2.05) is 0 Å². The molecule has 3 aromatic carbocycles. The van der Waals surface area contributed by atoms with E-state index in [-0.39, 0.29) is 70.5 Å². The molecule has 320 valence electrons. The van der Waals surface area contributed by atoms with Crippen LogP contribution < -0.4 is 19.7 Å². The Morgan fingerprint density at radius 3 is 2.53 bits per heavy atom. The number of nitrogens with zero attached hydrogens (tertiary/aromatic N) is 5. The fourth-order valence-corrected chi connectivity index (χ4v) is 9.85. The second-order valence-corrected chi connectivity index (χ2v) is 18.4. The molecule has 4 aliphatic heterocycles. The fourth-order valence-electron chi connectivity index (χ4n) is 9.18. The number of anilines is 1. The molecule has 3 atom stereocenters. The number of aromatic hydroxyl groups is 1. The number of aromatic nitrogens is 3. The average Bonchev–Trinajstić information content (AvgIpc) is 3.73. The first-order valence-corrected chi connectivity index (χ1v) is 22.0. The Bertz CT molecular complexity index is 2540. The summed E-state index contributed by atoms with van der Waals surface area (Å²) in [5.41, 5.74) is -0.149. The lowest BCUT2D eigenvalue weighted by Crippen LogP contribution is -2.51. The van der Waals surface area contributed by atoms with Crippen LogP contribution in [0.4, 0.5) is 34.0 Å². The molecule has 60 heavy (non-hydrogen) atoms. The number of piperazine rings is 1. The minimum absolute atomic E-state index is 0.0124. The van der Waals surface area contributed by atoms with Crippen LogP contribution >= 0.6 is 10.2 Å². The van der Waals surface area contributed by atoms with E-state index in [9.17, 15) is 24.5 Å². The Morgan fingerprint density at radius 1 is 0.967 bits per heavy atom. The Morgan fingerprint density at radius 2 is 1.77 bits per heavy atom. The first-order valence-electron chi connectivity index (χ1n) is 20.1. The van der Waals surface area contributed by atoms with Crippen LogP contribution in [0.1, 0.15) is 63.6 Å². The lowest BCUT2D eigenvalue weighted by Gasteiger charge is -2.40. The molecule has 5 aromatic rings. The molecule has 3 saturated heterocycles. The molecule has 2 unspecified atom stereocenters. The van der Waals surface area contributed by atoms with Gasteiger partial charge in [0, 0.05) is 48.7 Å². The summed E-state index contributed by atoms with van der Waals surface area (Å²) in [6, 6.07) is 7.90. The standard InChI is InChI=1S/C40H37F7N6O3S.C3H8/c1-2-29-31(41)9-7-23-17-26(54)18-30(33(23)29)36-35(42)37-34-32(49-36)10-8-24-20-48-14-16-52(24)38(34)51-39(50-37)56-22-40-12-4-15-53(40)25(11-13-40)21-55-27-5-3-6-28(19-27)57(43,44,45,46)47;1-3-2/h1,3,5-7,9,17-19,24-25,48,54H,4,8,10-16,20-22H2;3H2,1-2H3/t24?,25-,40?;/m0./s1. The third-order valence-corrected chi connectivity index (χ3v) is 13.0. The molecule has 0 radical (unpaired) electrons. The highest BCUT2D eigenvalue weighted by molar-refractivity contribution is 8.45. The number of nitrogens with one attached hydrogen (secondary N) is 1. The van der Waals surface area contributed by atoms with Crippen LogP contribution in [-0.2, 0) is 6.42 Å². The number of aryl methyl sites for hydroxylation is 1. The van der Waals surface area contributed by atoms with Crippen molar-refractivity contribution in [2.75, 3.05) is 44.3 Å². The van der Waals surface area contributed by atoms with Gasteiger partial charge in [0.25, 0.3) is 0 Å². The van der Waals surface area contributed by atoms with Crippen molar-refractivity contribution < 1.29 is 42.8 Å². The van der Waals surface area contributed by atoms with Gasteiger partial charge in [0.1, 0.15) is 52.5 Å². The Kier molecular flexibility index (Phi) is 10.3. The van der Waals surface area contributed by atoms with Gasteiger partial charge in [-0.3, -0.25) is 4.90 Å². The molecule has 17 heteroatoms. The molecular formula is C43H45F7N6O3S. The van der Waals surface area contributed by atoms with E-state index in [1.165, 1.54) is 36.8 Å². The van der Waals surface area contributed by atoms with Gasteiger partial charge in [-0.05, 0) is 80.8 Å². The van der Waals surface area contributed by atoms with E-state index in [0.717, 1.165) is 18.9 Å². The van der Waals surface area contributed by atoms with Crippen molar-refractivity contribution >= 4 is 37.7 Å². The van der Waals surface area contributed by atoms with Crippen molar-refractivity contribution in [3.63, 3.8) is 0 Å². The van der Waals surface area contributed by atoms with Crippen molar-refractivity contribution in [3.05, 3.63) is 71.4 Å². The van der Waals surface area contributed by atoms with Crippen LogP contribution in [0.3, 0.4) is 0 Å². The zero-order chi connectivity index (χ0) is 42.7. The van der Waals surface area contributed by atoms with Crippen molar-refractivity contribution in [1.82, 2.24) is 25.2 Å². The van der Waals surface area contributed by atoms with Crippen molar-refractivity contribution in [1.29, 1.82) is 0 Å². The maximum atomic E-state index is 17.2. The molecule has 6 heterocycles. The number of benzene rings is 3. The third kappa shape index (κ3) is 7.73. The normalized spacial score (nSPS) is 22.5. The Labute approximate surface area is 343 Å². The molecule has 2 N–H and O–H groups in total. The summed E-state index contributed by atoms with van der Waals surface area (Å²) in [6.45, 7) is 6.92. The highest BCUT2D eigenvalue weighted by atomic mass is 32.5. The molecule has 0 spiro atoms. The summed E-state index contributed by atoms with van der Waals surface area (Å²) in [7, 11) is -9.88. The molecule has 9 rings (SSSR count). The Hall–Kier alpha value is -5.05. The predicted molar refractivity (Wildman–Crippen MR) is 219 cm³/mol. The lowest BCUT2D eigenvalue weighted by atomic mass is 9.95. The second kappa shape index (κ2) is 14.8. The number of hydrogen-bond donors (Lipinski definition) is 2. The van der Waals surface area contributed by atoms with Gasteiger partial charge in [0.15, 0.2) is 5.82 Å². The van der Waals surface area contributed by atoms with Crippen LogP contribution in [0, 0.1) is 24.0 Å². The predicted octanol–water partition coefficient (Wildman–Crippen LogP) is 10.1. The number of pyridine rings is 1. The van der Waals surface area contributed by atoms with Gasteiger partial charge < -0.3 is 24.8 Å². The summed E-state index contributed by atoms with van der Waals surface area (Å²) >= 11 is 0. The first kappa shape index (κ1) is 41.7. The number of fused-ring (bicyclic) bond motifs is 4. The van der Waals surface area contributed by atoms with Crippen LogP contribution in [0.15, 0.2) is 53.4 Å². The van der Waals surface area contributed by atoms with E-state index in [2.05, 4.69) is 39.9 Å². The molecule has 9 nitrogen and oxygen atoms in total. The highest BCUT2D eigenvalue weighted by Gasteiger charge is 2.65. The van der Waals surface area contributed by atoms with E-state index in [0.29, 0.717) is 86.3 Å². The highest BCUT2D eigenvalue weighted by Crippen LogP contribution is 3.02. The zero-order valence-corrected chi connectivity index (χ0v) is 33.9. The van der Waals surface area contributed by atoms with Gasteiger partial charge in [-0.15, -0.1) is 6.42 Å². The molecule has 4 aliphatic rings. The van der Waals surface area contributed by atoms with Gasteiger partial charge in [0.05, 0.1) is 22.2 Å². The summed E-state index contributed by atoms with van der Waals surface area (Å²) in [6.07, 6.45) is 10.9. The topological polar surface area (TPSA) is 95.9 Å². The van der Waals surface area contributed by atoms with Crippen molar-refractivity contribution in [2.45, 2.75) is 81.3 Å². The Balaban J connectivity index is 0.00000162. The summed E-state index contributed by atoms with van der Waals surface area (Å²) in [5.74, 6) is 0.871.